The van der Waals surface area contributed by atoms with Gasteiger partial charge in [-0.15, -0.1) is 0 Å². The van der Waals surface area contributed by atoms with Crippen molar-refractivity contribution in [3.63, 3.8) is 0 Å². The second-order valence-corrected chi connectivity index (χ2v) is 8.82. The van der Waals surface area contributed by atoms with Crippen LogP contribution < -0.4 is 9.21 Å². The Balaban J connectivity index is 1.86. The van der Waals surface area contributed by atoms with E-state index < -0.39 is 10.0 Å². The van der Waals surface area contributed by atoms with Crippen LogP contribution in [0.5, 0.6) is 0 Å². The summed E-state index contributed by atoms with van der Waals surface area (Å²) in [6, 6.07) is 14.8. The molecular formula is C17H17IN2O3S. The van der Waals surface area contributed by atoms with Crippen molar-refractivity contribution in [3.8, 4) is 0 Å². The standard InChI is InChI=1S/C17H17IN2O3S/c1-24(22,23)20(15-8-6-14(18)7-9-15)12-17(21)19-11-10-13-4-2-3-5-16(13)19/h2-9H,10-12H2,1H3. The molecule has 0 saturated heterocycles. The van der Waals surface area contributed by atoms with Crippen molar-refractivity contribution in [1.82, 2.24) is 0 Å². The fourth-order valence-corrected chi connectivity index (χ4v) is 4.02. The molecule has 0 aliphatic carbocycles. The van der Waals surface area contributed by atoms with Crippen molar-refractivity contribution in [3.05, 3.63) is 57.7 Å². The minimum atomic E-state index is -3.55. The Morgan fingerprint density at radius 2 is 1.83 bits per heavy atom. The van der Waals surface area contributed by atoms with Crippen molar-refractivity contribution in [2.45, 2.75) is 6.42 Å². The fraction of sp³-hybridized carbons (Fsp3) is 0.235. The highest BCUT2D eigenvalue weighted by atomic mass is 127. The minimum Gasteiger partial charge on any atom is -0.310 e. The zero-order valence-electron chi connectivity index (χ0n) is 13.1. The first-order valence-corrected chi connectivity index (χ1v) is 10.4. The van der Waals surface area contributed by atoms with Crippen LogP contribution in [0.1, 0.15) is 5.56 Å². The zero-order chi connectivity index (χ0) is 17.3. The number of hydrogen-bond acceptors (Lipinski definition) is 3. The highest BCUT2D eigenvalue weighted by Crippen LogP contribution is 2.28. The van der Waals surface area contributed by atoms with Crippen molar-refractivity contribution in [1.29, 1.82) is 0 Å². The van der Waals surface area contributed by atoms with Crippen LogP contribution in [0, 0.1) is 3.57 Å². The summed E-state index contributed by atoms with van der Waals surface area (Å²) in [7, 11) is -3.55. The number of benzene rings is 2. The SMILES string of the molecule is CS(=O)(=O)N(CC(=O)N1CCc2ccccc21)c1ccc(I)cc1. The summed E-state index contributed by atoms with van der Waals surface area (Å²) in [5.74, 6) is -0.219. The van der Waals surface area contributed by atoms with Crippen molar-refractivity contribution < 1.29 is 13.2 Å². The van der Waals surface area contributed by atoms with Crippen LogP contribution in [0.4, 0.5) is 11.4 Å². The van der Waals surface area contributed by atoms with E-state index in [0.29, 0.717) is 12.2 Å². The lowest BCUT2D eigenvalue weighted by Gasteiger charge is -2.25. The lowest BCUT2D eigenvalue weighted by Crippen LogP contribution is -2.42. The first-order chi connectivity index (χ1) is 11.4. The second-order valence-electron chi connectivity index (χ2n) is 5.67. The molecule has 0 bridgehead atoms. The average molecular weight is 456 g/mol. The maximum atomic E-state index is 12.7. The number of para-hydroxylation sites is 1. The Bertz CT molecular complexity index is 866. The maximum absolute atomic E-state index is 12.7. The molecule has 5 nitrogen and oxygen atoms in total. The van der Waals surface area contributed by atoms with Gasteiger partial charge in [0.25, 0.3) is 0 Å². The second kappa shape index (κ2) is 6.72. The predicted octanol–water partition coefficient (Wildman–Crippen LogP) is 2.65. The number of carbonyl (C=O) groups excluding carboxylic acids is 1. The molecule has 7 heteroatoms. The molecule has 0 fully saturated rings. The van der Waals surface area contributed by atoms with Gasteiger partial charge in [0.05, 0.1) is 11.9 Å². The molecule has 1 amide bonds. The van der Waals surface area contributed by atoms with Gasteiger partial charge < -0.3 is 4.90 Å². The number of carbonyl (C=O) groups is 1. The number of fused-ring (bicyclic) bond motifs is 1. The third-order valence-electron chi connectivity index (χ3n) is 3.98. The molecule has 2 aromatic rings. The Hall–Kier alpha value is -1.61. The maximum Gasteiger partial charge on any atom is 0.247 e. The Morgan fingerprint density at radius 1 is 1.17 bits per heavy atom. The number of hydrogen-bond donors (Lipinski definition) is 0. The van der Waals surface area contributed by atoms with Crippen LogP contribution in [0.2, 0.25) is 0 Å². The van der Waals surface area contributed by atoms with Gasteiger partial charge in [0.2, 0.25) is 15.9 Å². The van der Waals surface area contributed by atoms with Gasteiger partial charge in [0, 0.05) is 15.8 Å². The molecule has 1 aliphatic heterocycles. The number of nitrogens with zero attached hydrogens (tertiary/aromatic N) is 2. The van der Waals surface area contributed by atoms with Gasteiger partial charge in [-0.3, -0.25) is 9.10 Å². The molecule has 1 aliphatic rings. The minimum absolute atomic E-state index is 0.201. The molecule has 0 radical (unpaired) electrons. The van der Waals surface area contributed by atoms with E-state index >= 15 is 0 Å². The van der Waals surface area contributed by atoms with E-state index in [1.807, 2.05) is 36.4 Å². The lowest BCUT2D eigenvalue weighted by molar-refractivity contribution is -0.117. The number of halogens is 1. The van der Waals surface area contributed by atoms with Gasteiger partial charge in [-0.2, -0.15) is 0 Å². The normalized spacial score (nSPS) is 13.7. The first kappa shape index (κ1) is 17.2. The molecule has 0 saturated carbocycles. The highest BCUT2D eigenvalue weighted by Gasteiger charge is 2.28. The fourth-order valence-electron chi connectivity index (χ4n) is 2.81. The monoisotopic (exact) mass is 456 g/mol. The molecule has 126 valence electrons. The van der Waals surface area contributed by atoms with E-state index in [1.54, 1.807) is 17.0 Å². The molecule has 2 aromatic carbocycles. The van der Waals surface area contributed by atoms with E-state index in [1.165, 1.54) is 0 Å². The van der Waals surface area contributed by atoms with E-state index in [2.05, 4.69) is 22.6 Å². The number of anilines is 2. The Kier molecular flexibility index (Phi) is 4.82. The van der Waals surface area contributed by atoms with Crippen molar-refractivity contribution >= 4 is 49.9 Å². The van der Waals surface area contributed by atoms with Crippen LogP contribution in [0.25, 0.3) is 0 Å². The quantitative estimate of drug-likeness (QED) is 0.665. The highest BCUT2D eigenvalue weighted by molar-refractivity contribution is 14.1. The van der Waals surface area contributed by atoms with E-state index in [4.69, 9.17) is 0 Å². The molecule has 0 atom stereocenters. The molecule has 0 N–H and O–H groups in total. The summed E-state index contributed by atoms with van der Waals surface area (Å²) in [4.78, 5) is 14.4. The molecule has 0 unspecified atom stereocenters. The topological polar surface area (TPSA) is 57.7 Å². The number of amides is 1. The van der Waals surface area contributed by atoms with Gasteiger partial charge in [0.15, 0.2) is 0 Å². The molecular weight excluding hydrogens is 439 g/mol. The molecule has 1 heterocycles. The number of sulfonamides is 1. The van der Waals surface area contributed by atoms with Gasteiger partial charge in [-0.1, -0.05) is 18.2 Å². The lowest BCUT2D eigenvalue weighted by atomic mass is 10.2. The van der Waals surface area contributed by atoms with Gasteiger partial charge in [-0.05, 0) is 64.9 Å². The summed E-state index contributed by atoms with van der Waals surface area (Å²) in [5.41, 5.74) is 2.49. The largest absolute Gasteiger partial charge is 0.310 e. The summed E-state index contributed by atoms with van der Waals surface area (Å²) < 4.78 is 26.5. The summed E-state index contributed by atoms with van der Waals surface area (Å²) in [6.45, 7) is 0.385. The smallest absolute Gasteiger partial charge is 0.247 e. The van der Waals surface area contributed by atoms with Crippen molar-refractivity contribution in [2.24, 2.45) is 0 Å². The van der Waals surface area contributed by atoms with Crippen LogP contribution >= 0.6 is 22.6 Å². The Morgan fingerprint density at radius 3 is 2.50 bits per heavy atom. The molecule has 3 rings (SSSR count). The van der Waals surface area contributed by atoms with Gasteiger partial charge in [0.1, 0.15) is 6.54 Å². The first-order valence-electron chi connectivity index (χ1n) is 7.48. The van der Waals surface area contributed by atoms with Crippen molar-refractivity contribution in [2.75, 3.05) is 28.6 Å². The van der Waals surface area contributed by atoms with E-state index in [0.717, 1.165) is 31.8 Å². The van der Waals surface area contributed by atoms with Gasteiger partial charge in [-0.25, -0.2) is 8.42 Å². The summed E-state index contributed by atoms with van der Waals surface area (Å²) in [6.07, 6.45) is 1.92. The zero-order valence-corrected chi connectivity index (χ0v) is 16.1. The van der Waals surface area contributed by atoms with E-state index in [9.17, 15) is 13.2 Å². The Labute approximate surface area is 155 Å². The predicted molar refractivity (Wildman–Crippen MR) is 104 cm³/mol. The molecule has 0 spiro atoms. The third-order valence-corrected chi connectivity index (χ3v) is 5.84. The van der Waals surface area contributed by atoms with E-state index in [-0.39, 0.29) is 12.5 Å². The summed E-state index contributed by atoms with van der Waals surface area (Å²) >= 11 is 2.15. The third kappa shape index (κ3) is 3.56. The van der Waals surface area contributed by atoms with Crippen LogP contribution in [-0.4, -0.2) is 33.7 Å². The molecule has 24 heavy (non-hydrogen) atoms. The summed E-state index contributed by atoms with van der Waals surface area (Å²) in [5, 5.41) is 0. The van der Waals surface area contributed by atoms with Crippen LogP contribution in [-0.2, 0) is 21.2 Å². The van der Waals surface area contributed by atoms with Crippen LogP contribution in [0.15, 0.2) is 48.5 Å². The van der Waals surface area contributed by atoms with Gasteiger partial charge >= 0.3 is 0 Å². The van der Waals surface area contributed by atoms with Crippen LogP contribution in [0.3, 0.4) is 0 Å². The number of rotatable bonds is 4. The molecule has 0 aromatic heterocycles. The average Bonchev–Trinajstić information content (AvgIpc) is 2.96.